The molecular formula is C5H7ClN2. The summed E-state index contributed by atoms with van der Waals surface area (Å²) in [6.45, 7) is 3.90. The van der Waals surface area contributed by atoms with Crippen LogP contribution in [0.3, 0.4) is 0 Å². The van der Waals surface area contributed by atoms with Gasteiger partial charge in [0.15, 0.2) is 0 Å². The van der Waals surface area contributed by atoms with Gasteiger partial charge in [-0.05, 0) is 19.9 Å². The molecule has 0 fully saturated rings. The maximum absolute atomic E-state index is 5.50. The van der Waals surface area contributed by atoms with Crippen molar-refractivity contribution in [1.29, 1.82) is 0 Å². The van der Waals surface area contributed by atoms with Crippen LogP contribution in [0.15, 0.2) is 21.5 Å². The van der Waals surface area contributed by atoms with E-state index in [0.29, 0.717) is 5.16 Å². The van der Waals surface area contributed by atoms with Crippen molar-refractivity contribution in [1.82, 2.24) is 0 Å². The normalized spacial score (nSPS) is 23.6. The SMILES string of the molecule is CC1(C)C=C(Cl)N=N1. The summed E-state index contributed by atoms with van der Waals surface area (Å²) < 4.78 is 0. The minimum absolute atomic E-state index is 0.170. The summed E-state index contributed by atoms with van der Waals surface area (Å²) >= 11 is 5.50. The van der Waals surface area contributed by atoms with Crippen molar-refractivity contribution in [3.63, 3.8) is 0 Å². The van der Waals surface area contributed by atoms with E-state index in [1.165, 1.54) is 0 Å². The summed E-state index contributed by atoms with van der Waals surface area (Å²) in [5, 5.41) is 7.99. The van der Waals surface area contributed by atoms with Crippen LogP contribution in [0.1, 0.15) is 13.8 Å². The first-order valence-electron chi connectivity index (χ1n) is 2.41. The summed E-state index contributed by atoms with van der Waals surface area (Å²) in [5.41, 5.74) is -0.170. The highest BCUT2D eigenvalue weighted by molar-refractivity contribution is 6.29. The van der Waals surface area contributed by atoms with Gasteiger partial charge in [0.25, 0.3) is 0 Å². The first kappa shape index (κ1) is 5.76. The van der Waals surface area contributed by atoms with Gasteiger partial charge in [0.2, 0.25) is 0 Å². The van der Waals surface area contributed by atoms with E-state index in [4.69, 9.17) is 11.6 Å². The van der Waals surface area contributed by atoms with Crippen molar-refractivity contribution in [3.8, 4) is 0 Å². The lowest BCUT2D eigenvalue weighted by molar-refractivity contribution is 0.644. The molecule has 1 aliphatic rings. The predicted molar refractivity (Wildman–Crippen MR) is 32.9 cm³/mol. The van der Waals surface area contributed by atoms with Crippen LogP contribution in [0.5, 0.6) is 0 Å². The van der Waals surface area contributed by atoms with Crippen LogP contribution in [-0.2, 0) is 0 Å². The van der Waals surface area contributed by atoms with Crippen LogP contribution < -0.4 is 0 Å². The van der Waals surface area contributed by atoms with Crippen LogP contribution in [0.4, 0.5) is 0 Å². The fourth-order valence-electron chi connectivity index (χ4n) is 0.526. The zero-order valence-electron chi connectivity index (χ0n) is 4.85. The molecule has 1 aliphatic heterocycles. The van der Waals surface area contributed by atoms with Crippen molar-refractivity contribution in [2.75, 3.05) is 0 Å². The lowest BCUT2D eigenvalue weighted by atomic mass is 10.1. The van der Waals surface area contributed by atoms with Gasteiger partial charge in [-0.1, -0.05) is 11.6 Å². The first-order chi connectivity index (χ1) is 3.60. The lowest BCUT2D eigenvalue weighted by Gasteiger charge is -2.04. The summed E-state index contributed by atoms with van der Waals surface area (Å²) in [7, 11) is 0. The van der Waals surface area contributed by atoms with E-state index in [0.717, 1.165) is 0 Å². The van der Waals surface area contributed by atoms with E-state index in [-0.39, 0.29) is 5.54 Å². The molecule has 0 atom stereocenters. The molecule has 0 radical (unpaired) electrons. The Morgan fingerprint density at radius 2 is 2.25 bits per heavy atom. The van der Waals surface area contributed by atoms with Gasteiger partial charge in [0, 0.05) is 0 Å². The molecule has 0 bridgehead atoms. The number of azo groups is 1. The molecule has 0 unspecified atom stereocenters. The molecular weight excluding hydrogens is 124 g/mol. The highest BCUT2D eigenvalue weighted by Gasteiger charge is 2.18. The second kappa shape index (κ2) is 1.55. The summed E-state index contributed by atoms with van der Waals surface area (Å²) in [6.07, 6.45) is 1.81. The maximum atomic E-state index is 5.50. The van der Waals surface area contributed by atoms with Gasteiger partial charge in [-0.25, -0.2) is 0 Å². The highest BCUT2D eigenvalue weighted by atomic mass is 35.5. The Morgan fingerprint density at radius 1 is 1.62 bits per heavy atom. The third kappa shape index (κ3) is 1.07. The molecule has 0 aromatic carbocycles. The molecule has 8 heavy (non-hydrogen) atoms. The largest absolute Gasteiger partial charge is 0.177 e. The van der Waals surface area contributed by atoms with Crippen molar-refractivity contribution in [3.05, 3.63) is 11.2 Å². The van der Waals surface area contributed by atoms with Crippen molar-refractivity contribution in [2.24, 2.45) is 10.2 Å². The average molecular weight is 131 g/mol. The van der Waals surface area contributed by atoms with E-state index in [1.807, 2.05) is 19.9 Å². The molecule has 44 valence electrons. The van der Waals surface area contributed by atoms with E-state index >= 15 is 0 Å². The Morgan fingerprint density at radius 3 is 2.38 bits per heavy atom. The zero-order valence-corrected chi connectivity index (χ0v) is 5.61. The lowest BCUT2D eigenvalue weighted by Crippen LogP contribution is -2.07. The molecule has 0 N–H and O–H groups in total. The van der Waals surface area contributed by atoms with Gasteiger partial charge >= 0.3 is 0 Å². The van der Waals surface area contributed by atoms with Crippen LogP contribution in [-0.4, -0.2) is 5.54 Å². The van der Waals surface area contributed by atoms with Crippen LogP contribution >= 0.6 is 11.6 Å². The molecule has 0 saturated carbocycles. The van der Waals surface area contributed by atoms with Gasteiger partial charge in [0.1, 0.15) is 5.16 Å². The van der Waals surface area contributed by atoms with Gasteiger partial charge < -0.3 is 0 Å². The quantitative estimate of drug-likeness (QED) is 0.450. The first-order valence-corrected chi connectivity index (χ1v) is 2.79. The van der Waals surface area contributed by atoms with Crippen molar-refractivity contribution in [2.45, 2.75) is 19.4 Å². The molecule has 0 aromatic rings. The number of halogens is 1. The van der Waals surface area contributed by atoms with Crippen LogP contribution in [0, 0.1) is 0 Å². The minimum Gasteiger partial charge on any atom is -0.177 e. The number of nitrogens with zero attached hydrogens (tertiary/aromatic N) is 2. The Bertz CT molecular complexity index is 158. The Balaban J connectivity index is 2.84. The maximum Gasteiger partial charge on any atom is 0.149 e. The highest BCUT2D eigenvalue weighted by Crippen LogP contribution is 2.24. The second-order valence-corrected chi connectivity index (χ2v) is 2.71. The molecule has 0 aromatic heterocycles. The van der Waals surface area contributed by atoms with E-state index in [9.17, 15) is 0 Å². The van der Waals surface area contributed by atoms with Crippen molar-refractivity contribution < 1.29 is 0 Å². The molecule has 3 heteroatoms. The smallest absolute Gasteiger partial charge is 0.149 e. The van der Waals surface area contributed by atoms with Gasteiger partial charge in [-0.3, -0.25) is 0 Å². The molecule has 0 aliphatic carbocycles. The van der Waals surface area contributed by atoms with E-state index in [2.05, 4.69) is 10.2 Å². The van der Waals surface area contributed by atoms with Crippen molar-refractivity contribution >= 4 is 11.6 Å². The van der Waals surface area contributed by atoms with Crippen LogP contribution in [0.2, 0.25) is 0 Å². The predicted octanol–water partition coefficient (Wildman–Crippen LogP) is 2.31. The fraction of sp³-hybridized carbons (Fsp3) is 0.600. The number of hydrogen-bond acceptors (Lipinski definition) is 2. The van der Waals surface area contributed by atoms with E-state index in [1.54, 1.807) is 0 Å². The molecule has 0 saturated heterocycles. The summed E-state index contributed by atoms with van der Waals surface area (Å²) in [4.78, 5) is 0. The zero-order chi connectivity index (χ0) is 6.20. The Labute approximate surface area is 53.3 Å². The molecule has 1 rings (SSSR count). The number of rotatable bonds is 0. The van der Waals surface area contributed by atoms with Gasteiger partial charge in [-0.15, -0.1) is 5.11 Å². The standard InChI is InChI=1S/C5H7ClN2/c1-5(2)3-4(6)7-8-5/h3H,1-2H3. The third-order valence-electron chi connectivity index (χ3n) is 0.876. The average Bonchev–Trinajstić information content (AvgIpc) is 1.82. The van der Waals surface area contributed by atoms with Gasteiger partial charge in [0.05, 0.1) is 5.54 Å². The summed E-state index contributed by atoms with van der Waals surface area (Å²) in [6, 6.07) is 0. The topological polar surface area (TPSA) is 24.7 Å². The molecule has 2 nitrogen and oxygen atoms in total. The molecule has 1 heterocycles. The molecule has 0 spiro atoms. The van der Waals surface area contributed by atoms with E-state index < -0.39 is 0 Å². The Kier molecular flexibility index (Phi) is 1.12. The second-order valence-electron chi connectivity index (χ2n) is 2.32. The fourth-order valence-corrected chi connectivity index (χ4v) is 0.831. The summed E-state index contributed by atoms with van der Waals surface area (Å²) in [5.74, 6) is 0. The molecule has 0 amide bonds. The van der Waals surface area contributed by atoms with Gasteiger partial charge in [-0.2, -0.15) is 5.11 Å². The monoisotopic (exact) mass is 130 g/mol. The number of hydrogen-bond donors (Lipinski definition) is 0. The Hall–Kier alpha value is -0.370. The third-order valence-corrected chi connectivity index (χ3v) is 1.06. The van der Waals surface area contributed by atoms with Crippen LogP contribution in [0.25, 0.3) is 0 Å². The minimum atomic E-state index is -0.170.